The van der Waals surface area contributed by atoms with Gasteiger partial charge in [0.1, 0.15) is 5.41 Å². The predicted molar refractivity (Wildman–Crippen MR) is 56.9 cm³/mol. The molecule has 2 rings (SSSR count). The first-order chi connectivity index (χ1) is 7.10. The molecule has 2 aliphatic rings. The summed E-state index contributed by atoms with van der Waals surface area (Å²) in [6.45, 7) is 2.95. The number of nitriles is 1. The highest BCUT2D eigenvalue weighted by Gasteiger charge is 2.45. The maximum Gasteiger partial charge on any atom is 0.240 e. The second-order valence-corrected chi connectivity index (χ2v) is 5.39. The molecule has 2 fully saturated rings. The third-order valence-corrected chi connectivity index (χ3v) is 4.09. The van der Waals surface area contributed by atoms with Crippen LogP contribution in [0.25, 0.3) is 0 Å². The molecule has 3 nitrogen and oxygen atoms in total. The minimum Gasteiger partial charge on any atom is -0.354 e. The zero-order valence-corrected chi connectivity index (χ0v) is 9.31. The van der Waals surface area contributed by atoms with Gasteiger partial charge < -0.3 is 5.32 Å². The highest BCUT2D eigenvalue weighted by Crippen LogP contribution is 2.42. The quantitative estimate of drug-likeness (QED) is 0.767. The van der Waals surface area contributed by atoms with Crippen LogP contribution in [0.15, 0.2) is 0 Å². The van der Waals surface area contributed by atoms with Crippen molar-refractivity contribution in [2.45, 2.75) is 45.4 Å². The van der Waals surface area contributed by atoms with Gasteiger partial charge in [0.15, 0.2) is 0 Å². The Kier molecular flexibility index (Phi) is 2.46. The highest BCUT2D eigenvalue weighted by atomic mass is 16.2. The summed E-state index contributed by atoms with van der Waals surface area (Å²) in [6, 6.07) is 2.17. The van der Waals surface area contributed by atoms with E-state index in [1.165, 1.54) is 19.3 Å². The molecule has 0 saturated heterocycles. The number of hydrogen-bond acceptors (Lipinski definition) is 2. The van der Waals surface area contributed by atoms with Gasteiger partial charge in [0.2, 0.25) is 5.91 Å². The second-order valence-electron chi connectivity index (χ2n) is 5.39. The number of carbonyl (C=O) groups is 1. The van der Waals surface area contributed by atoms with Crippen molar-refractivity contribution in [3.8, 4) is 6.07 Å². The van der Waals surface area contributed by atoms with Crippen molar-refractivity contribution < 1.29 is 4.79 Å². The average Bonchev–Trinajstić information content (AvgIpc) is 2.11. The van der Waals surface area contributed by atoms with Crippen molar-refractivity contribution in [2.75, 3.05) is 6.54 Å². The van der Waals surface area contributed by atoms with Gasteiger partial charge in [-0.25, -0.2) is 0 Å². The molecule has 0 aliphatic heterocycles. The SMILES string of the molecule is CC1(CNC(=O)C2(C#N)CCC2)CCC1. The molecular formula is C12H18N2O. The molecule has 0 atom stereocenters. The van der Waals surface area contributed by atoms with Crippen LogP contribution in [0.5, 0.6) is 0 Å². The maximum absolute atomic E-state index is 11.8. The lowest BCUT2D eigenvalue weighted by Crippen LogP contribution is -2.48. The smallest absolute Gasteiger partial charge is 0.240 e. The number of nitrogens with zero attached hydrogens (tertiary/aromatic N) is 1. The first-order valence-corrected chi connectivity index (χ1v) is 5.80. The Balaban J connectivity index is 1.84. The molecule has 0 unspecified atom stereocenters. The van der Waals surface area contributed by atoms with Crippen molar-refractivity contribution in [1.29, 1.82) is 5.26 Å². The Bertz CT molecular complexity index is 308. The van der Waals surface area contributed by atoms with E-state index in [9.17, 15) is 4.79 Å². The Labute approximate surface area is 90.8 Å². The minimum atomic E-state index is -0.680. The molecule has 1 N–H and O–H groups in total. The van der Waals surface area contributed by atoms with Crippen LogP contribution in [0.4, 0.5) is 0 Å². The Hall–Kier alpha value is -1.04. The monoisotopic (exact) mass is 206 g/mol. The number of hydrogen-bond donors (Lipinski definition) is 1. The predicted octanol–water partition coefficient (Wildman–Crippen LogP) is 1.99. The van der Waals surface area contributed by atoms with Crippen LogP contribution in [0.2, 0.25) is 0 Å². The summed E-state index contributed by atoms with van der Waals surface area (Å²) >= 11 is 0. The zero-order valence-electron chi connectivity index (χ0n) is 9.31. The summed E-state index contributed by atoms with van der Waals surface area (Å²) < 4.78 is 0. The second kappa shape index (κ2) is 3.52. The highest BCUT2D eigenvalue weighted by molar-refractivity contribution is 5.86. The van der Waals surface area contributed by atoms with E-state index >= 15 is 0 Å². The summed E-state index contributed by atoms with van der Waals surface area (Å²) in [5, 5.41) is 12.0. The number of nitrogens with one attached hydrogen (secondary N) is 1. The van der Waals surface area contributed by atoms with Crippen LogP contribution in [-0.4, -0.2) is 12.5 Å². The average molecular weight is 206 g/mol. The molecule has 82 valence electrons. The standard InChI is InChI=1S/C12H18N2O/c1-11(4-2-5-11)9-14-10(15)12(8-13)6-3-7-12/h2-7,9H2,1H3,(H,14,15). The first-order valence-electron chi connectivity index (χ1n) is 5.80. The van der Waals surface area contributed by atoms with Gasteiger partial charge in [-0.2, -0.15) is 5.26 Å². The van der Waals surface area contributed by atoms with Gasteiger partial charge in [-0.05, 0) is 37.5 Å². The van der Waals surface area contributed by atoms with Gasteiger partial charge in [-0.1, -0.05) is 13.3 Å². The molecule has 0 bridgehead atoms. The molecule has 15 heavy (non-hydrogen) atoms. The fourth-order valence-electron chi connectivity index (χ4n) is 2.34. The molecule has 0 aromatic heterocycles. The molecular weight excluding hydrogens is 188 g/mol. The van der Waals surface area contributed by atoms with Gasteiger partial charge in [0.05, 0.1) is 6.07 Å². The zero-order chi connectivity index (χ0) is 10.9. The Morgan fingerprint density at radius 2 is 1.93 bits per heavy atom. The van der Waals surface area contributed by atoms with Crippen molar-refractivity contribution in [2.24, 2.45) is 10.8 Å². The van der Waals surface area contributed by atoms with Gasteiger partial charge in [-0.3, -0.25) is 4.79 Å². The van der Waals surface area contributed by atoms with E-state index in [4.69, 9.17) is 5.26 Å². The van der Waals surface area contributed by atoms with Gasteiger partial charge in [0, 0.05) is 6.54 Å². The van der Waals surface area contributed by atoms with E-state index in [-0.39, 0.29) is 5.91 Å². The lowest BCUT2D eigenvalue weighted by atomic mass is 9.68. The summed E-state index contributed by atoms with van der Waals surface area (Å²) in [5.74, 6) is -0.0376. The van der Waals surface area contributed by atoms with Crippen molar-refractivity contribution >= 4 is 5.91 Å². The van der Waals surface area contributed by atoms with Crippen LogP contribution in [-0.2, 0) is 4.79 Å². The van der Waals surface area contributed by atoms with E-state index in [0.29, 0.717) is 5.41 Å². The maximum atomic E-state index is 11.8. The van der Waals surface area contributed by atoms with Crippen LogP contribution >= 0.6 is 0 Å². The summed E-state index contributed by atoms with van der Waals surface area (Å²) in [7, 11) is 0. The van der Waals surface area contributed by atoms with E-state index in [2.05, 4.69) is 18.3 Å². The summed E-state index contributed by atoms with van der Waals surface area (Å²) in [6.07, 6.45) is 6.17. The molecule has 0 aromatic carbocycles. The van der Waals surface area contributed by atoms with Crippen LogP contribution in [0, 0.1) is 22.2 Å². The third kappa shape index (κ3) is 1.73. The summed E-state index contributed by atoms with van der Waals surface area (Å²) in [4.78, 5) is 11.8. The van der Waals surface area contributed by atoms with Crippen molar-refractivity contribution in [3.63, 3.8) is 0 Å². The fourth-order valence-corrected chi connectivity index (χ4v) is 2.34. The van der Waals surface area contributed by atoms with Crippen molar-refractivity contribution in [1.82, 2.24) is 5.32 Å². The van der Waals surface area contributed by atoms with Gasteiger partial charge in [0.25, 0.3) is 0 Å². The van der Waals surface area contributed by atoms with Crippen LogP contribution < -0.4 is 5.32 Å². The van der Waals surface area contributed by atoms with Gasteiger partial charge in [-0.15, -0.1) is 0 Å². The number of rotatable bonds is 3. The van der Waals surface area contributed by atoms with Crippen LogP contribution in [0.3, 0.4) is 0 Å². The molecule has 1 amide bonds. The first kappa shape index (κ1) is 10.5. The fraction of sp³-hybridized carbons (Fsp3) is 0.833. The van der Waals surface area contributed by atoms with E-state index in [1.54, 1.807) is 0 Å². The molecule has 3 heteroatoms. The normalized spacial score (nSPS) is 25.6. The largest absolute Gasteiger partial charge is 0.354 e. The molecule has 0 radical (unpaired) electrons. The van der Waals surface area contributed by atoms with Gasteiger partial charge >= 0.3 is 0 Å². The summed E-state index contributed by atoms with van der Waals surface area (Å²) in [5.41, 5.74) is -0.379. The molecule has 0 heterocycles. The molecule has 0 aromatic rings. The number of amides is 1. The Morgan fingerprint density at radius 1 is 1.33 bits per heavy atom. The molecule has 0 spiro atoms. The third-order valence-electron chi connectivity index (χ3n) is 4.09. The van der Waals surface area contributed by atoms with Crippen molar-refractivity contribution in [3.05, 3.63) is 0 Å². The van der Waals surface area contributed by atoms with Crippen LogP contribution in [0.1, 0.15) is 45.4 Å². The molecule has 2 saturated carbocycles. The lowest BCUT2D eigenvalue weighted by molar-refractivity contribution is -0.132. The lowest BCUT2D eigenvalue weighted by Gasteiger charge is -2.40. The van der Waals surface area contributed by atoms with E-state index in [1.807, 2.05) is 0 Å². The Morgan fingerprint density at radius 3 is 2.27 bits per heavy atom. The van der Waals surface area contributed by atoms with E-state index < -0.39 is 5.41 Å². The number of carbonyl (C=O) groups excluding carboxylic acids is 1. The molecule has 2 aliphatic carbocycles. The van der Waals surface area contributed by atoms with E-state index in [0.717, 1.165) is 25.8 Å². The topological polar surface area (TPSA) is 52.9 Å². The minimum absolute atomic E-state index is 0.0376.